The Morgan fingerprint density at radius 2 is 1.94 bits per heavy atom. The molecule has 2 nitrogen and oxygen atoms in total. The molecule has 18 heavy (non-hydrogen) atoms. The van der Waals surface area contributed by atoms with Crippen molar-refractivity contribution in [2.24, 2.45) is 5.92 Å². The van der Waals surface area contributed by atoms with Crippen LogP contribution < -0.4 is 5.32 Å². The Hall–Kier alpha value is -0.0800. The summed E-state index contributed by atoms with van der Waals surface area (Å²) in [5.41, 5.74) is 0. The van der Waals surface area contributed by atoms with Crippen molar-refractivity contribution >= 4 is 0 Å². The summed E-state index contributed by atoms with van der Waals surface area (Å²) in [5.74, 6) is 0.807. The third-order valence-electron chi connectivity index (χ3n) is 4.60. The van der Waals surface area contributed by atoms with Gasteiger partial charge in [-0.05, 0) is 18.8 Å². The molecule has 0 aliphatic carbocycles. The fourth-order valence-electron chi connectivity index (χ4n) is 3.08. The second-order valence-corrected chi connectivity index (χ2v) is 6.03. The summed E-state index contributed by atoms with van der Waals surface area (Å²) in [4.78, 5) is 2.77. The van der Waals surface area contributed by atoms with Gasteiger partial charge in [0.1, 0.15) is 0 Å². The van der Waals surface area contributed by atoms with Gasteiger partial charge in [-0.3, -0.25) is 4.90 Å². The van der Waals surface area contributed by atoms with Crippen LogP contribution in [0.3, 0.4) is 0 Å². The number of nitrogens with one attached hydrogen (secondary N) is 1. The van der Waals surface area contributed by atoms with Gasteiger partial charge < -0.3 is 5.32 Å². The molecule has 1 rings (SSSR count). The second kappa shape index (κ2) is 8.92. The summed E-state index contributed by atoms with van der Waals surface area (Å²) < 4.78 is 0. The van der Waals surface area contributed by atoms with Crippen LogP contribution in [-0.2, 0) is 0 Å². The first-order valence-corrected chi connectivity index (χ1v) is 8.20. The summed E-state index contributed by atoms with van der Waals surface area (Å²) in [5, 5.41) is 3.71. The molecule has 0 radical (unpaired) electrons. The minimum atomic E-state index is 0.713. The molecule has 1 aliphatic heterocycles. The molecule has 1 fully saturated rings. The van der Waals surface area contributed by atoms with Crippen molar-refractivity contribution in [3.63, 3.8) is 0 Å². The van der Waals surface area contributed by atoms with Crippen LogP contribution in [-0.4, -0.2) is 36.6 Å². The number of piperazine rings is 1. The summed E-state index contributed by atoms with van der Waals surface area (Å²) in [6.07, 6.45) is 8.12. The van der Waals surface area contributed by atoms with Crippen LogP contribution in [0, 0.1) is 5.92 Å². The number of hydrogen-bond donors (Lipinski definition) is 1. The number of unbranched alkanes of at least 4 members (excludes halogenated alkanes) is 1. The standard InChI is InChI=1S/C16H34N2/c1-5-8-10-15(9-6-2)18-12-11-17-16(13-18)14(4)7-3/h14-17H,5-13H2,1-4H3. The zero-order valence-electron chi connectivity index (χ0n) is 13.0. The third kappa shape index (κ3) is 4.89. The summed E-state index contributed by atoms with van der Waals surface area (Å²) in [7, 11) is 0. The van der Waals surface area contributed by atoms with E-state index >= 15 is 0 Å². The minimum absolute atomic E-state index is 0.713. The first-order chi connectivity index (χ1) is 8.72. The van der Waals surface area contributed by atoms with Gasteiger partial charge in [0.15, 0.2) is 0 Å². The molecule has 3 atom stereocenters. The van der Waals surface area contributed by atoms with Crippen molar-refractivity contribution < 1.29 is 0 Å². The maximum Gasteiger partial charge on any atom is 0.0221 e. The van der Waals surface area contributed by atoms with E-state index in [1.165, 1.54) is 58.2 Å². The molecule has 1 N–H and O–H groups in total. The molecule has 0 aromatic carbocycles. The molecule has 0 spiro atoms. The van der Waals surface area contributed by atoms with Crippen LogP contribution in [0.2, 0.25) is 0 Å². The monoisotopic (exact) mass is 254 g/mol. The van der Waals surface area contributed by atoms with Gasteiger partial charge >= 0.3 is 0 Å². The van der Waals surface area contributed by atoms with E-state index in [9.17, 15) is 0 Å². The maximum atomic E-state index is 3.71. The van der Waals surface area contributed by atoms with Crippen molar-refractivity contribution in [1.82, 2.24) is 10.2 Å². The fourth-order valence-corrected chi connectivity index (χ4v) is 3.08. The topological polar surface area (TPSA) is 15.3 Å². The van der Waals surface area contributed by atoms with E-state index in [0.29, 0.717) is 6.04 Å². The predicted octanol–water partition coefficient (Wildman–Crippen LogP) is 3.67. The lowest BCUT2D eigenvalue weighted by Gasteiger charge is -2.41. The van der Waals surface area contributed by atoms with Crippen LogP contribution in [0.25, 0.3) is 0 Å². The van der Waals surface area contributed by atoms with E-state index in [2.05, 4.69) is 37.9 Å². The molecule has 0 aromatic heterocycles. The quantitative estimate of drug-likeness (QED) is 0.711. The Morgan fingerprint density at radius 1 is 1.17 bits per heavy atom. The molecule has 3 unspecified atom stereocenters. The second-order valence-electron chi connectivity index (χ2n) is 6.03. The Balaban J connectivity index is 2.49. The largest absolute Gasteiger partial charge is 0.311 e. The summed E-state index contributed by atoms with van der Waals surface area (Å²) in [6.45, 7) is 13.0. The smallest absolute Gasteiger partial charge is 0.0221 e. The van der Waals surface area contributed by atoms with Gasteiger partial charge in [0.05, 0.1) is 0 Å². The molecule has 0 bridgehead atoms. The molecular weight excluding hydrogens is 220 g/mol. The Bertz CT molecular complexity index is 205. The van der Waals surface area contributed by atoms with Crippen LogP contribution in [0.4, 0.5) is 0 Å². The van der Waals surface area contributed by atoms with Crippen molar-refractivity contribution in [3.8, 4) is 0 Å². The molecule has 2 heteroatoms. The van der Waals surface area contributed by atoms with Crippen LogP contribution >= 0.6 is 0 Å². The predicted molar refractivity (Wildman–Crippen MR) is 81.0 cm³/mol. The Kier molecular flexibility index (Phi) is 7.92. The minimum Gasteiger partial charge on any atom is -0.311 e. The zero-order valence-corrected chi connectivity index (χ0v) is 13.0. The highest BCUT2D eigenvalue weighted by molar-refractivity contribution is 4.85. The van der Waals surface area contributed by atoms with Crippen molar-refractivity contribution in [2.45, 2.75) is 78.3 Å². The molecular formula is C16H34N2. The maximum absolute atomic E-state index is 3.71. The van der Waals surface area contributed by atoms with Crippen LogP contribution in [0.5, 0.6) is 0 Å². The molecule has 108 valence electrons. The highest BCUT2D eigenvalue weighted by Crippen LogP contribution is 2.19. The van der Waals surface area contributed by atoms with Gasteiger partial charge in [-0.25, -0.2) is 0 Å². The third-order valence-corrected chi connectivity index (χ3v) is 4.60. The van der Waals surface area contributed by atoms with Gasteiger partial charge in [0, 0.05) is 31.7 Å². The average molecular weight is 254 g/mol. The van der Waals surface area contributed by atoms with Gasteiger partial charge in [-0.2, -0.15) is 0 Å². The van der Waals surface area contributed by atoms with Crippen LogP contribution in [0.1, 0.15) is 66.2 Å². The lowest BCUT2D eigenvalue weighted by molar-refractivity contribution is 0.109. The fraction of sp³-hybridized carbons (Fsp3) is 1.00. The summed E-state index contributed by atoms with van der Waals surface area (Å²) in [6, 6.07) is 1.55. The van der Waals surface area contributed by atoms with Crippen molar-refractivity contribution in [2.75, 3.05) is 19.6 Å². The van der Waals surface area contributed by atoms with Gasteiger partial charge in [-0.15, -0.1) is 0 Å². The van der Waals surface area contributed by atoms with E-state index in [1.54, 1.807) is 0 Å². The van der Waals surface area contributed by atoms with Crippen LogP contribution in [0.15, 0.2) is 0 Å². The Morgan fingerprint density at radius 3 is 2.56 bits per heavy atom. The average Bonchev–Trinajstić information content (AvgIpc) is 2.42. The highest BCUT2D eigenvalue weighted by atomic mass is 15.2. The van der Waals surface area contributed by atoms with E-state index in [-0.39, 0.29) is 0 Å². The lowest BCUT2D eigenvalue weighted by atomic mass is 9.95. The normalized spacial score (nSPS) is 25.0. The lowest BCUT2D eigenvalue weighted by Crippen LogP contribution is -2.56. The van der Waals surface area contributed by atoms with Gasteiger partial charge in [0.25, 0.3) is 0 Å². The molecule has 0 aromatic rings. The molecule has 1 aliphatic rings. The zero-order chi connectivity index (χ0) is 13.4. The first kappa shape index (κ1) is 16.0. The Labute approximate surface area is 115 Å². The van der Waals surface area contributed by atoms with Gasteiger partial charge in [-0.1, -0.05) is 53.4 Å². The molecule has 1 saturated heterocycles. The number of nitrogens with zero attached hydrogens (tertiary/aromatic N) is 1. The van der Waals surface area contributed by atoms with E-state index in [1.807, 2.05) is 0 Å². The summed E-state index contributed by atoms with van der Waals surface area (Å²) >= 11 is 0. The number of hydrogen-bond acceptors (Lipinski definition) is 2. The van der Waals surface area contributed by atoms with Gasteiger partial charge in [0.2, 0.25) is 0 Å². The van der Waals surface area contributed by atoms with Crippen molar-refractivity contribution in [1.29, 1.82) is 0 Å². The molecule has 1 heterocycles. The van der Waals surface area contributed by atoms with E-state index in [0.717, 1.165) is 12.0 Å². The first-order valence-electron chi connectivity index (χ1n) is 8.20. The molecule has 0 amide bonds. The highest BCUT2D eigenvalue weighted by Gasteiger charge is 2.27. The van der Waals surface area contributed by atoms with Crippen molar-refractivity contribution in [3.05, 3.63) is 0 Å². The number of rotatable bonds is 8. The van der Waals surface area contributed by atoms with E-state index in [4.69, 9.17) is 0 Å². The molecule has 0 saturated carbocycles. The van der Waals surface area contributed by atoms with E-state index < -0.39 is 0 Å². The SMILES string of the molecule is CCCCC(CCC)N1CCNC(C(C)CC)C1.